The molecule has 0 saturated carbocycles. The Kier molecular flexibility index (Phi) is 3.46. The van der Waals surface area contributed by atoms with Gasteiger partial charge in [0.05, 0.1) is 10.5 Å². The Morgan fingerprint density at radius 2 is 1.90 bits per heavy atom. The Bertz CT molecular complexity index is 819. The van der Waals surface area contributed by atoms with Gasteiger partial charge in [0, 0.05) is 22.3 Å². The van der Waals surface area contributed by atoms with Gasteiger partial charge >= 0.3 is 0 Å². The molecule has 0 aliphatic carbocycles. The van der Waals surface area contributed by atoms with Crippen LogP contribution in [0.5, 0.6) is 0 Å². The molecule has 0 fully saturated rings. The predicted molar refractivity (Wildman–Crippen MR) is 85.3 cm³/mol. The highest BCUT2D eigenvalue weighted by Crippen LogP contribution is 2.25. The molecule has 2 aromatic carbocycles. The van der Waals surface area contributed by atoms with E-state index >= 15 is 0 Å². The van der Waals surface area contributed by atoms with Crippen LogP contribution in [0.1, 0.15) is 11.3 Å². The maximum Gasteiger partial charge on any atom is 0.276 e. The van der Waals surface area contributed by atoms with Crippen LogP contribution in [0, 0.1) is 10.1 Å². The third-order valence-corrected chi connectivity index (χ3v) is 3.41. The zero-order valence-corrected chi connectivity index (χ0v) is 11.7. The number of nitrogens with one attached hydrogen (secondary N) is 1. The molecule has 0 spiro atoms. The molecule has 0 radical (unpaired) electrons. The van der Waals surface area contributed by atoms with E-state index in [1.54, 1.807) is 18.2 Å². The van der Waals surface area contributed by atoms with E-state index in [2.05, 4.69) is 4.98 Å². The minimum Gasteiger partial charge on any atom is -0.355 e. The van der Waals surface area contributed by atoms with Crippen molar-refractivity contribution in [3.8, 4) is 0 Å². The SMILES string of the molecule is O=[N+]([O-])c1ccc(Cl)cc1/C=C/c1cc2ccccc2[nH]1. The van der Waals surface area contributed by atoms with Crippen LogP contribution in [0.2, 0.25) is 5.02 Å². The maximum atomic E-state index is 11.0. The van der Waals surface area contributed by atoms with E-state index in [1.165, 1.54) is 12.1 Å². The van der Waals surface area contributed by atoms with Crippen molar-refractivity contribution < 1.29 is 4.92 Å². The molecular weight excluding hydrogens is 288 g/mol. The summed E-state index contributed by atoms with van der Waals surface area (Å²) in [6, 6.07) is 14.4. The van der Waals surface area contributed by atoms with Crippen molar-refractivity contribution in [3.63, 3.8) is 0 Å². The van der Waals surface area contributed by atoms with E-state index in [1.807, 2.05) is 30.3 Å². The third-order valence-electron chi connectivity index (χ3n) is 3.18. The van der Waals surface area contributed by atoms with E-state index in [0.717, 1.165) is 16.6 Å². The number of para-hydroxylation sites is 1. The van der Waals surface area contributed by atoms with Gasteiger partial charge in [0.15, 0.2) is 0 Å². The Labute approximate surface area is 125 Å². The van der Waals surface area contributed by atoms with Crippen LogP contribution in [-0.4, -0.2) is 9.91 Å². The first-order valence-corrected chi connectivity index (χ1v) is 6.71. The molecule has 3 rings (SSSR count). The summed E-state index contributed by atoms with van der Waals surface area (Å²) in [5.74, 6) is 0. The van der Waals surface area contributed by atoms with Crippen LogP contribution in [0.3, 0.4) is 0 Å². The topological polar surface area (TPSA) is 58.9 Å². The lowest BCUT2D eigenvalue weighted by Gasteiger charge is -1.98. The van der Waals surface area contributed by atoms with Gasteiger partial charge in [-0.1, -0.05) is 29.8 Å². The number of aromatic amines is 1. The number of hydrogen-bond donors (Lipinski definition) is 1. The Hall–Kier alpha value is -2.59. The van der Waals surface area contributed by atoms with Crippen molar-refractivity contribution in [2.24, 2.45) is 0 Å². The summed E-state index contributed by atoms with van der Waals surface area (Å²) in [7, 11) is 0. The number of benzene rings is 2. The van der Waals surface area contributed by atoms with Gasteiger partial charge in [-0.05, 0) is 41.8 Å². The van der Waals surface area contributed by atoms with Gasteiger partial charge < -0.3 is 4.98 Å². The largest absolute Gasteiger partial charge is 0.355 e. The summed E-state index contributed by atoms with van der Waals surface area (Å²) in [5.41, 5.74) is 2.42. The number of halogens is 1. The molecule has 0 amide bonds. The van der Waals surface area contributed by atoms with Crippen LogP contribution in [0.25, 0.3) is 23.1 Å². The lowest BCUT2D eigenvalue weighted by Crippen LogP contribution is -1.90. The van der Waals surface area contributed by atoms with E-state index < -0.39 is 4.92 Å². The molecule has 0 unspecified atom stereocenters. The molecule has 1 aromatic heterocycles. The van der Waals surface area contributed by atoms with E-state index in [4.69, 9.17) is 11.6 Å². The molecule has 5 heteroatoms. The number of fused-ring (bicyclic) bond motifs is 1. The molecule has 1 N–H and O–H groups in total. The normalized spacial score (nSPS) is 11.3. The van der Waals surface area contributed by atoms with Crippen LogP contribution < -0.4 is 0 Å². The third kappa shape index (κ3) is 2.80. The van der Waals surface area contributed by atoms with E-state index in [0.29, 0.717) is 10.6 Å². The molecule has 104 valence electrons. The molecule has 4 nitrogen and oxygen atoms in total. The minimum absolute atomic E-state index is 0.0340. The number of aromatic nitrogens is 1. The molecule has 0 aliphatic rings. The summed E-state index contributed by atoms with van der Waals surface area (Å²) < 4.78 is 0. The molecule has 0 saturated heterocycles. The van der Waals surface area contributed by atoms with Crippen molar-refractivity contribution >= 4 is 40.3 Å². The Morgan fingerprint density at radius 1 is 1.10 bits per heavy atom. The highest BCUT2D eigenvalue weighted by atomic mass is 35.5. The molecule has 3 aromatic rings. The first-order chi connectivity index (χ1) is 10.1. The lowest BCUT2D eigenvalue weighted by atomic mass is 10.1. The first-order valence-electron chi connectivity index (χ1n) is 6.33. The number of hydrogen-bond acceptors (Lipinski definition) is 2. The highest BCUT2D eigenvalue weighted by Gasteiger charge is 2.11. The number of nitrogens with zero attached hydrogens (tertiary/aromatic N) is 1. The van der Waals surface area contributed by atoms with Crippen LogP contribution in [-0.2, 0) is 0 Å². The molecule has 0 aliphatic heterocycles. The molecule has 21 heavy (non-hydrogen) atoms. The molecule has 0 atom stereocenters. The Balaban J connectivity index is 1.99. The number of H-pyrrole nitrogens is 1. The second-order valence-corrected chi connectivity index (χ2v) is 5.04. The monoisotopic (exact) mass is 298 g/mol. The Morgan fingerprint density at radius 3 is 2.67 bits per heavy atom. The summed E-state index contributed by atoms with van der Waals surface area (Å²) in [5, 5.41) is 12.6. The lowest BCUT2D eigenvalue weighted by molar-refractivity contribution is -0.385. The second kappa shape index (κ2) is 5.42. The van der Waals surface area contributed by atoms with Gasteiger partial charge in [0.2, 0.25) is 0 Å². The van der Waals surface area contributed by atoms with Crippen LogP contribution in [0.15, 0.2) is 48.5 Å². The number of nitro benzene ring substituents is 1. The summed E-state index contributed by atoms with van der Waals surface area (Å²) >= 11 is 5.90. The summed E-state index contributed by atoms with van der Waals surface area (Å²) in [6.45, 7) is 0. The standard InChI is InChI=1S/C16H11ClN2O2/c17-13-6-8-16(19(20)21)12(9-13)5-7-14-10-11-3-1-2-4-15(11)18-14/h1-10,18H/b7-5+. The first kappa shape index (κ1) is 13.4. The van der Waals surface area contributed by atoms with Crippen molar-refractivity contribution in [2.75, 3.05) is 0 Å². The average molecular weight is 299 g/mol. The van der Waals surface area contributed by atoms with Crippen molar-refractivity contribution in [3.05, 3.63) is 74.9 Å². The smallest absolute Gasteiger partial charge is 0.276 e. The van der Waals surface area contributed by atoms with Crippen LogP contribution in [0.4, 0.5) is 5.69 Å². The van der Waals surface area contributed by atoms with Crippen molar-refractivity contribution in [2.45, 2.75) is 0 Å². The molecular formula is C16H11ClN2O2. The van der Waals surface area contributed by atoms with Gasteiger partial charge in [-0.25, -0.2) is 0 Å². The van der Waals surface area contributed by atoms with Gasteiger partial charge in [-0.15, -0.1) is 0 Å². The van der Waals surface area contributed by atoms with Crippen molar-refractivity contribution in [1.29, 1.82) is 0 Å². The van der Waals surface area contributed by atoms with Gasteiger partial charge in [-0.3, -0.25) is 10.1 Å². The minimum atomic E-state index is -0.415. The fourth-order valence-corrected chi connectivity index (χ4v) is 2.37. The van der Waals surface area contributed by atoms with Gasteiger partial charge in [0.1, 0.15) is 0 Å². The van der Waals surface area contributed by atoms with Gasteiger partial charge in [0.25, 0.3) is 5.69 Å². The second-order valence-electron chi connectivity index (χ2n) is 4.61. The van der Waals surface area contributed by atoms with Gasteiger partial charge in [-0.2, -0.15) is 0 Å². The quantitative estimate of drug-likeness (QED) is 0.552. The summed E-state index contributed by atoms with van der Waals surface area (Å²) in [4.78, 5) is 13.8. The fraction of sp³-hybridized carbons (Fsp3) is 0. The predicted octanol–water partition coefficient (Wildman–Crippen LogP) is 4.90. The number of rotatable bonds is 3. The average Bonchev–Trinajstić information content (AvgIpc) is 2.87. The van der Waals surface area contributed by atoms with E-state index in [9.17, 15) is 10.1 Å². The van der Waals surface area contributed by atoms with Crippen LogP contribution >= 0.6 is 11.6 Å². The van der Waals surface area contributed by atoms with Crippen molar-refractivity contribution in [1.82, 2.24) is 4.98 Å². The fourth-order valence-electron chi connectivity index (χ4n) is 2.19. The summed E-state index contributed by atoms with van der Waals surface area (Å²) in [6.07, 6.45) is 3.49. The highest BCUT2D eigenvalue weighted by molar-refractivity contribution is 6.30. The maximum absolute atomic E-state index is 11.0. The zero-order chi connectivity index (χ0) is 14.8. The van der Waals surface area contributed by atoms with E-state index in [-0.39, 0.29) is 5.69 Å². The number of nitro groups is 1. The zero-order valence-electron chi connectivity index (χ0n) is 10.9. The molecule has 1 heterocycles. The molecule has 0 bridgehead atoms.